The Balaban J connectivity index is 2.38. The molecule has 0 fully saturated rings. The van der Waals surface area contributed by atoms with Crippen molar-refractivity contribution < 1.29 is 19.1 Å². The molecule has 1 heterocycles. The van der Waals surface area contributed by atoms with Crippen molar-refractivity contribution in [1.29, 1.82) is 0 Å². The molecule has 1 aromatic rings. The Bertz CT molecular complexity index is 493. The highest BCUT2D eigenvalue weighted by Crippen LogP contribution is 2.35. The first-order chi connectivity index (χ1) is 7.87. The molecular formula is C12H13NO4. The molecule has 2 N–H and O–H groups in total. The van der Waals surface area contributed by atoms with Crippen LogP contribution >= 0.6 is 0 Å². The summed E-state index contributed by atoms with van der Waals surface area (Å²) in [6.07, 6.45) is -0.568. The van der Waals surface area contributed by atoms with Gasteiger partial charge in [0.1, 0.15) is 17.1 Å². The minimum atomic E-state index is -0.897. The lowest BCUT2D eigenvalue weighted by atomic mass is 9.93. The lowest BCUT2D eigenvalue weighted by molar-refractivity contribution is 0.0619. The second kappa shape index (κ2) is 3.76. The lowest BCUT2D eigenvalue weighted by Gasteiger charge is -2.31. The van der Waals surface area contributed by atoms with Gasteiger partial charge >= 0.3 is 6.09 Å². The van der Waals surface area contributed by atoms with Crippen LogP contribution in [0.3, 0.4) is 0 Å². The Morgan fingerprint density at radius 3 is 2.82 bits per heavy atom. The van der Waals surface area contributed by atoms with Crippen molar-refractivity contribution in [3.63, 3.8) is 0 Å². The molecule has 0 saturated carbocycles. The number of carbonyl (C=O) groups excluding carboxylic acids is 2. The molecule has 0 spiro atoms. The van der Waals surface area contributed by atoms with Crippen LogP contribution in [0.25, 0.3) is 0 Å². The van der Waals surface area contributed by atoms with Crippen molar-refractivity contribution in [3.05, 3.63) is 23.8 Å². The summed E-state index contributed by atoms with van der Waals surface area (Å²) in [4.78, 5) is 22.4. The molecule has 5 heteroatoms. The van der Waals surface area contributed by atoms with Crippen LogP contribution in [0.5, 0.6) is 11.5 Å². The van der Waals surface area contributed by atoms with Gasteiger partial charge in [-0.1, -0.05) is 0 Å². The van der Waals surface area contributed by atoms with E-state index in [0.29, 0.717) is 17.7 Å². The molecule has 0 atom stereocenters. The van der Waals surface area contributed by atoms with Crippen molar-refractivity contribution in [2.75, 3.05) is 0 Å². The number of benzene rings is 1. The van der Waals surface area contributed by atoms with E-state index in [1.165, 1.54) is 12.1 Å². The Labute approximate surface area is 98.5 Å². The first kappa shape index (κ1) is 11.4. The normalized spacial score (nSPS) is 16.9. The van der Waals surface area contributed by atoms with Gasteiger partial charge in [0.25, 0.3) is 0 Å². The van der Waals surface area contributed by atoms with Crippen molar-refractivity contribution >= 4 is 11.9 Å². The average Bonchev–Trinajstić information content (AvgIpc) is 2.13. The summed E-state index contributed by atoms with van der Waals surface area (Å²) >= 11 is 0. The van der Waals surface area contributed by atoms with E-state index in [0.717, 1.165) is 0 Å². The van der Waals surface area contributed by atoms with Gasteiger partial charge in [0.2, 0.25) is 0 Å². The minimum Gasteiger partial charge on any atom is -0.486 e. The third-order valence-corrected chi connectivity index (χ3v) is 2.44. The summed E-state index contributed by atoms with van der Waals surface area (Å²) in [6.45, 7) is 3.66. The lowest BCUT2D eigenvalue weighted by Crippen LogP contribution is -2.35. The van der Waals surface area contributed by atoms with Crippen LogP contribution in [0, 0.1) is 0 Å². The number of hydrogen-bond donors (Lipinski definition) is 1. The van der Waals surface area contributed by atoms with Gasteiger partial charge in [-0.3, -0.25) is 4.79 Å². The van der Waals surface area contributed by atoms with Crippen LogP contribution in [0.2, 0.25) is 0 Å². The maximum absolute atomic E-state index is 11.8. The van der Waals surface area contributed by atoms with Crippen LogP contribution in [-0.4, -0.2) is 17.5 Å². The zero-order valence-corrected chi connectivity index (χ0v) is 9.65. The number of carbonyl (C=O) groups is 2. The molecular weight excluding hydrogens is 222 g/mol. The topological polar surface area (TPSA) is 78.6 Å². The maximum Gasteiger partial charge on any atom is 0.409 e. The van der Waals surface area contributed by atoms with E-state index in [2.05, 4.69) is 0 Å². The molecule has 1 aromatic carbocycles. The monoisotopic (exact) mass is 235 g/mol. The van der Waals surface area contributed by atoms with Gasteiger partial charge < -0.3 is 15.2 Å². The van der Waals surface area contributed by atoms with E-state index < -0.39 is 11.7 Å². The van der Waals surface area contributed by atoms with E-state index in [1.807, 2.05) is 13.8 Å². The fourth-order valence-corrected chi connectivity index (χ4v) is 1.81. The molecule has 1 aliphatic rings. The third-order valence-electron chi connectivity index (χ3n) is 2.44. The number of rotatable bonds is 1. The summed E-state index contributed by atoms with van der Waals surface area (Å²) in [7, 11) is 0. The van der Waals surface area contributed by atoms with E-state index in [-0.39, 0.29) is 11.5 Å². The molecule has 17 heavy (non-hydrogen) atoms. The number of ether oxygens (including phenoxy) is 2. The van der Waals surface area contributed by atoms with Crippen LogP contribution in [0.4, 0.5) is 4.79 Å². The molecule has 5 nitrogen and oxygen atoms in total. The standard InChI is InChI=1S/C12H13NO4/c1-12(2)6-9(14)8-4-3-7(16-11(13)15)5-10(8)17-12/h3-5H,6H2,1-2H3,(H2,13,15). The Kier molecular flexibility index (Phi) is 2.53. The van der Waals surface area contributed by atoms with Crippen LogP contribution in [0.15, 0.2) is 18.2 Å². The zero-order chi connectivity index (χ0) is 12.6. The number of fused-ring (bicyclic) bond motifs is 1. The summed E-state index contributed by atoms with van der Waals surface area (Å²) < 4.78 is 10.4. The highest BCUT2D eigenvalue weighted by atomic mass is 16.5. The smallest absolute Gasteiger partial charge is 0.409 e. The number of hydrogen-bond acceptors (Lipinski definition) is 4. The van der Waals surface area contributed by atoms with Crippen molar-refractivity contribution in [2.45, 2.75) is 25.9 Å². The second-order valence-electron chi connectivity index (χ2n) is 4.54. The molecule has 2 rings (SSSR count). The summed E-state index contributed by atoms with van der Waals surface area (Å²) in [5, 5.41) is 0. The van der Waals surface area contributed by atoms with Gasteiger partial charge in [0.15, 0.2) is 5.78 Å². The van der Waals surface area contributed by atoms with Crippen LogP contribution < -0.4 is 15.2 Å². The van der Waals surface area contributed by atoms with Crippen molar-refractivity contribution in [3.8, 4) is 11.5 Å². The van der Waals surface area contributed by atoms with E-state index in [4.69, 9.17) is 15.2 Å². The fourth-order valence-electron chi connectivity index (χ4n) is 1.81. The van der Waals surface area contributed by atoms with E-state index in [9.17, 15) is 9.59 Å². The first-order valence-electron chi connectivity index (χ1n) is 5.21. The van der Waals surface area contributed by atoms with Gasteiger partial charge in [-0.05, 0) is 26.0 Å². The highest BCUT2D eigenvalue weighted by Gasteiger charge is 2.32. The molecule has 0 aromatic heterocycles. The molecule has 0 aliphatic carbocycles. The summed E-state index contributed by atoms with van der Waals surface area (Å²) in [5.74, 6) is 0.702. The van der Waals surface area contributed by atoms with E-state index in [1.54, 1.807) is 6.07 Å². The predicted octanol–water partition coefficient (Wildman–Crippen LogP) is 1.89. The first-order valence-corrected chi connectivity index (χ1v) is 5.21. The largest absolute Gasteiger partial charge is 0.486 e. The number of nitrogens with two attached hydrogens (primary N) is 1. The summed E-state index contributed by atoms with van der Waals surface area (Å²) in [5.41, 5.74) is 4.87. The maximum atomic E-state index is 11.8. The fraction of sp³-hybridized carbons (Fsp3) is 0.333. The molecule has 0 unspecified atom stereocenters. The third kappa shape index (κ3) is 2.38. The average molecular weight is 235 g/mol. The molecule has 0 radical (unpaired) electrons. The van der Waals surface area contributed by atoms with Gasteiger partial charge in [-0.25, -0.2) is 4.79 Å². The minimum absolute atomic E-state index is 0.0156. The van der Waals surface area contributed by atoms with Crippen LogP contribution in [-0.2, 0) is 0 Å². The van der Waals surface area contributed by atoms with Gasteiger partial charge in [0.05, 0.1) is 12.0 Å². The number of primary amides is 1. The second-order valence-corrected chi connectivity index (χ2v) is 4.54. The van der Waals surface area contributed by atoms with Gasteiger partial charge in [0, 0.05) is 6.07 Å². The van der Waals surface area contributed by atoms with Crippen molar-refractivity contribution in [2.24, 2.45) is 5.73 Å². The molecule has 90 valence electrons. The number of amides is 1. The number of ketones is 1. The molecule has 1 amide bonds. The Morgan fingerprint density at radius 1 is 1.47 bits per heavy atom. The van der Waals surface area contributed by atoms with Gasteiger partial charge in [-0.2, -0.15) is 0 Å². The molecule has 1 aliphatic heterocycles. The van der Waals surface area contributed by atoms with Crippen LogP contribution in [0.1, 0.15) is 30.6 Å². The molecule has 0 bridgehead atoms. The quantitative estimate of drug-likeness (QED) is 0.806. The number of Topliss-reactive ketones (excluding diaryl/α,β-unsaturated/α-hetero) is 1. The zero-order valence-electron chi connectivity index (χ0n) is 9.65. The van der Waals surface area contributed by atoms with E-state index >= 15 is 0 Å². The predicted molar refractivity (Wildman–Crippen MR) is 60.3 cm³/mol. The SMILES string of the molecule is CC1(C)CC(=O)c2ccc(OC(N)=O)cc2O1. The Hall–Kier alpha value is -2.04. The molecule has 0 saturated heterocycles. The Morgan fingerprint density at radius 2 is 2.18 bits per heavy atom. The van der Waals surface area contributed by atoms with Crippen molar-refractivity contribution in [1.82, 2.24) is 0 Å². The summed E-state index contributed by atoms with van der Waals surface area (Å²) in [6, 6.07) is 4.59. The highest BCUT2D eigenvalue weighted by molar-refractivity contribution is 6.00. The van der Waals surface area contributed by atoms with Gasteiger partial charge in [-0.15, -0.1) is 0 Å².